The molecule has 2 atom stereocenters. The molecule has 3 aliphatic rings. The van der Waals surface area contributed by atoms with Gasteiger partial charge in [0.05, 0.1) is 6.04 Å². The number of hydrazone groups is 1. The number of rotatable bonds is 6. The van der Waals surface area contributed by atoms with Crippen molar-refractivity contribution in [3.05, 3.63) is 70.8 Å². The average molecular weight is 353 g/mol. The average Bonchev–Trinajstić information content (AvgIpc) is 3.33. The lowest BCUT2D eigenvalue weighted by Crippen LogP contribution is -2.33. The van der Waals surface area contributed by atoms with E-state index in [4.69, 9.17) is 0 Å². The van der Waals surface area contributed by atoms with E-state index in [1.54, 1.807) is 0 Å². The highest BCUT2D eigenvalue weighted by molar-refractivity contribution is 8.03. The Bertz CT molecular complexity index is 708. The third-order valence-electron chi connectivity index (χ3n) is 4.59. The summed E-state index contributed by atoms with van der Waals surface area (Å²) in [6.07, 6.45) is 14.2. The van der Waals surface area contributed by atoms with E-state index >= 15 is 0 Å². The third-order valence-corrected chi connectivity index (χ3v) is 5.70. The van der Waals surface area contributed by atoms with Gasteiger partial charge in [-0.15, -0.1) is 0 Å². The summed E-state index contributed by atoms with van der Waals surface area (Å²) in [5, 5.41) is 13.7. The van der Waals surface area contributed by atoms with E-state index in [0.29, 0.717) is 6.04 Å². The molecule has 5 heteroatoms. The van der Waals surface area contributed by atoms with Gasteiger partial charge in [0.2, 0.25) is 0 Å². The lowest BCUT2D eigenvalue weighted by Gasteiger charge is -2.25. The van der Waals surface area contributed by atoms with E-state index in [0.717, 1.165) is 32.4 Å². The lowest BCUT2D eigenvalue weighted by atomic mass is 10.00. The molecule has 1 aromatic carbocycles. The minimum absolute atomic E-state index is 0.252. The molecule has 25 heavy (non-hydrogen) atoms. The van der Waals surface area contributed by atoms with Gasteiger partial charge >= 0.3 is 0 Å². The Morgan fingerprint density at radius 3 is 3.04 bits per heavy atom. The topological polar surface area (TPSA) is 39.7 Å². The minimum Gasteiger partial charge on any atom is -0.366 e. The highest BCUT2D eigenvalue weighted by Crippen LogP contribution is 2.32. The molecule has 0 aromatic heterocycles. The van der Waals surface area contributed by atoms with Gasteiger partial charge in [-0.2, -0.15) is 5.10 Å². The molecule has 0 spiro atoms. The molecular weight excluding hydrogens is 328 g/mol. The number of allylic oxidation sites excluding steroid dienone is 3. The van der Waals surface area contributed by atoms with Crippen LogP contribution in [0.15, 0.2) is 70.3 Å². The van der Waals surface area contributed by atoms with E-state index in [1.165, 1.54) is 16.0 Å². The maximum atomic E-state index is 4.48. The van der Waals surface area contributed by atoms with Crippen LogP contribution in [-0.2, 0) is 6.54 Å². The monoisotopic (exact) mass is 352 g/mol. The van der Waals surface area contributed by atoms with Gasteiger partial charge in [0.1, 0.15) is 5.50 Å². The molecule has 130 valence electrons. The van der Waals surface area contributed by atoms with Crippen molar-refractivity contribution in [1.29, 1.82) is 0 Å². The normalized spacial score (nSPS) is 25.0. The number of hydrogen-bond donors (Lipinski definition) is 2. The van der Waals surface area contributed by atoms with Crippen LogP contribution in [0, 0.1) is 0 Å². The fourth-order valence-corrected chi connectivity index (χ4v) is 4.30. The summed E-state index contributed by atoms with van der Waals surface area (Å²) in [7, 11) is 0. The molecule has 0 saturated carbocycles. The molecule has 2 unspecified atom stereocenters. The Hall–Kier alpha value is -1.98. The van der Waals surface area contributed by atoms with Crippen LogP contribution in [0.5, 0.6) is 0 Å². The van der Waals surface area contributed by atoms with Crippen molar-refractivity contribution in [3.8, 4) is 0 Å². The predicted molar refractivity (Wildman–Crippen MR) is 106 cm³/mol. The van der Waals surface area contributed by atoms with Gasteiger partial charge in [-0.05, 0) is 17.6 Å². The standard InChI is InChI=1S/C20H24N4S/c1-2-6-16(7-3-1)14-21-20-22-15-19(25-20)13-17-8-4-9-18(12-17)24-11-5-10-23-24/h1-4,6-8,10,12,15,18,20-22H,5,9,11,13-14H2. The summed E-state index contributed by atoms with van der Waals surface area (Å²) in [6, 6.07) is 10.9. The SMILES string of the molecule is C1=CC(CC2=CNC(NCc3ccccc3)S2)=CC(N2CCC=N2)C1. The van der Waals surface area contributed by atoms with E-state index in [9.17, 15) is 0 Å². The molecule has 0 amide bonds. The van der Waals surface area contributed by atoms with Crippen LogP contribution in [0.4, 0.5) is 0 Å². The number of hydrogen-bond acceptors (Lipinski definition) is 5. The summed E-state index contributed by atoms with van der Waals surface area (Å²) in [6.45, 7) is 1.93. The molecule has 0 radical (unpaired) electrons. The molecule has 4 rings (SSSR count). The summed E-state index contributed by atoms with van der Waals surface area (Å²) in [5.41, 5.74) is 2.95. The van der Waals surface area contributed by atoms with Crippen LogP contribution in [-0.4, -0.2) is 29.3 Å². The molecular formula is C20H24N4S. The minimum atomic E-state index is 0.252. The second kappa shape index (κ2) is 7.93. The summed E-state index contributed by atoms with van der Waals surface area (Å²) in [5.74, 6) is 0. The van der Waals surface area contributed by atoms with Crippen molar-refractivity contribution in [3.63, 3.8) is 0 Å². The van der Waals surface area contributed by atoms with Gasteiger partial charge in [-0.1, -0.05) is 60.3 Å². The quantitative estimate of drug-likeness (QED) is 0.821. The van der Waals surface area contributed by atoms with Crippen LogP contribution in [0.2, 0.25) is 0 Å². The fraction of sp³-hybridized carbons (Fsp3) is 0.350. The van der Waals surface area contributed by atoms with E-state index < -0.39 is 0 Å². The van der Waals surface area contributed by atoms with Crippen molar-refractivity contribution in [2.45, 2.75) is 37.3 Å². The van der Waals surface area contributed by atoms with Crippen LogP contribution >= 0.6 is 11.8 Å². The zero-order valence-corrected chi connectivity index (χ0v) is 15.1. The zero-order valence-electron chi connectivity index (χ0n) is 14.3. The van der Waals surface area contributed by atoms with Crippen LogP contribution < -0.4 is 10.6 Å². The maximum absolute atomic E-state index is 4.48. The summed E-state index contributed by atoms with van der Waals surface area (Å²) < 4.78 is 0. The molecule has 2 aliphatic heterocycles. The first-order chi connectivity index (χ1) is 12.4. The van der Waals surface area contributed by atoms with Crippen LogP contribution in [0.3, 0.4) is 0 Å². The van der Waals surface area contributed by atoms with Gasteiger partial charge in [-0.25, -0.2) is 0 Å². The van der Waals surface area contributed by atoms with Gasteiger partial charge in [0.25, 0.3) is 0 Å². The first-order valence-corrected chi connectivity index (χ1v) is 9.80. The first-order valence-electron chi connectivity index (χ1n) is 8.92. The van der Waals surface area contributed by atoms with Crippen LogP contribution in [0.25, 0.3) is 0 Å². The van der Waals surface area contributed by atoms with Crippen molar-refractivity contribution < 1.29 is 0 Å². The van der Waals surface area contributed by atoms with Crippen molar-refractivity contribution in [2.75, 3.05) is 6.54 Å². The third kappa shape index (κ3) is 4.35. The molecule has 0 saturated heterocycles. The fourth-order valence-electron chi connectivity index (χ4n) is 3.31. The Balaban J connectivity index is 1.27. The number of benzene rings is 1. The highest BCUT2D eigenvalue weighted by Gasteiger charge is 2.21. The summed E-state index contributed by atoms with van der Waals surface area (Å²) >= 11 is 1.88. The van der Waals surface area contributed by atoms with Gasteiger partial charge in [-0.3, -0.25) is 10.3 Å². The maximum Gasteiger partial charge on any atom is 0.129 e. The van der Waals surface area contributed by atoms with Crippen molar-refractivity contribution in [1.82, 2.24) is 15.6 Å². The molecule has 1 aromatic rings. The second-order valence-corrected chi connectivity index (χ2v) is 7.75. The number of nitrogens with zero attached hydrogens (tertiary/aromatic N) is 2. The van der Waals surface area contributed by atoms with E-state index in [-0.39, 0.29) is 5.50 Å². The first kappa shape index (κ1) is 16.5. The Labute approximate surface area is 153 Å². The molecule has 0 fully saturated rings. The molecule has 2 heterocycles. The predicted octanol–water partition coefficient (Wildman–Crippen LogP) is 3.57. The van der Waals surface area contributed by atoms with Crippen molar-refractivity contribution in [2.24, 2.45) is 5.10 Å². The Morgan fingerprint density at radius 1 is 1.28 bits per heavy atom. The van der Waals surface area contributed by atoms with E-state index in [2.05, 4.69) is 75.5 Å². The summed E-state index contributed by atoms with van der Waals surface area (Å²) in [4.78, 5) is 1.38. The molecule has 1 aliphatic carbocycles. The molecule has 2 N–H and O–H groups in total. The van der Waals surface area contributed by atoms with Crippen LogP contribution in [0.1, 0.15) is 24.8 Å². The van der Waals surface area contributed by atoms with E-state index in [1.807, 2.05) is 18.0 Å². The van der Waals surface area contributed by atoms with Crippen molar-refractivity contribution >= 4 is 18.0 Å². The second-order valence-electron chi connectivity index (χ2n) is 6.52. The van der Waals surface area contributed by atoms with Gasteiger partial charge in [0.15, 0.2) is 0 Å². The largest absolute Gasteiger partial charge is 0.366 e. The van der Waals surface area contributed by atoms with Gasteiger partial charge in [0, 0.05) is 43.3 Å². The highest BCUT2D eigenvalue weighted by atomic mass is 32.2. The number of thioether (sulfide) groups is 1. The molecule has 4 nitrogen and oxygen atoms in total. The number of nitrogens with one attached hydrogen (secondary N) is 2. The Kier molecular flexibility index (Phi) is 5.23. The Morgan fingerprint density at radius 2 is 2.20 bits per heavy atom. The van der Waals surface area contributed by atoms with Gasteiger partial charge < -0.3 is 5.32 Å². The lowest BCUT2D eigenvalue weighted by molar-refractivity contribution is 0.264. The zero-order chi connectivity index (χ0) is 16.9. The molecule has 0 bridgehead atoms. The smallest absolute Gasteiger partial charge is 0.129 e.